The molecule has 1 fully saturated rings. The number of piperidine rings is 1. The van der Waals surface area contributed by atoms with Crippen molar-refractivity contribution < 1.29 is 4.79 Å². The maximum absolute atomic E-state index is 11.6. The molecule has 1 saturated heterocycles. The second-order valence-corrected chi connectivity index (χ2v) is 4.50. The van der Waals surface area contributed by atoms with Gasteiger partial charge in [0, 0.05) is 29.4 Å². The van der Waals surface area contributed by atoms with E-state index in [1.54, 1.807) is 0 Å². The fraction of sp³-hybridized carbons (Fsp3) is 0.636. The third-order valence-electron chi connectivity index (χ3n) is 3.66. The number of carbonyl (C=O) groups excluding carboxylic acids is 1. The summed E-state index contributed by atoms with van der Waals surface area (Å²) in [6, 6.07) is 0. The van der Waals surface area contributed by atoms with E-state index in [0.29, 0.717) is 0 Å². The summed E-state index contributed by atoms with van der Waals surface area (Å²) in [5.41, 5.74) is 2.13. The molecule has 4 heteroatoms. The molecule has 2 N–H and O–H groups in total. The van der Waals surface area contributed by atoms with Crippen LogP contribution in [-0.2, 0) is 4.79 Å². The molecule has 1 spiro atoms. The molecule has 0 aromatic carbocycles. The number of hydrogen-bond donors (Lipinski definition) is 2. The van der Waals surface area contributed by atoms with Crippen LogP contribution in [0.15, 0.2) is 16.3 Å². The van der Waals surface area contributed by atoms with Gasteiger partial charge in [0.05, 0.1) is 0 Å². The highest BCUT2D eigenvalue weighted by Crippen LogP contribution is 2.40. The van der Waals surface area contributed by atoms with Gasteiger partial charge in [-0.15, -0.1) is 0 Å². The van der Waals surface area contributed by atoms with E-state index >= 15 is 0 Å². The van der Waals surface area contributed by atoms with E-state index in [-0.39, 0.29) is 11.3 Å². The molecule has 0 unspecified atom stereocenters. The monoisotopic (exact) mass is 205 g/mol. The number of dihydropyridines is 1. The van der Waals surface area contributed by atoms with Gasteiger partial charge in [-0.3, -0.25) is 4.79 Å². The number of nitrogens with one attached hydrogen (secondary N) is 2. The maximum Gasteiger partial charge on any atom is 0.274 e. The minimum Gasteiger partial charge on any atom is -0.387 e. The van der Waals surface area contributed by atoms with E-state index in [2.05, 4.69) is 15.6 Å². The van der Waals surface area contributed by atoms with Crippen LogP contribution in [0.3, 0.4) is 0 Å². The molecule has 3 rings (SSSR count). The summed E-state index contributed by atoms with van der Waals surface area (Å²) in [4.78, 5) is 15.7. The lowest BCUT2D eigenvalue weighted by molar-refractivity contribution is -0.114. The van der Waals surface area contributed by atoms with Gasteiger partial charge in [-0.05, 0) is 32.4 Å². The molecular formula is C11H15N3O. The molecule has 0 aliphatic carbocycles. The summed E-state index contributed by atoms with van der Waals surface area (Å²) in [5, 5.41) is 6.74. The average Bonchev–Trinajstić information content (AvgIpc) is 2.76. The van der Waals surface area contributed by atoms with Crippen molar-refractivity contribution >= 4 is 12.1 Å². The smallest absolute Gasteiger partial charge is 0.274 e. The first-order chi connectivity index (χ1) is 7.32. The Bertz CT molecular complexity index is 364. The van der Waals surface area contributed by atoms with Gasteiger partial charge in [0.15, 0.2) is 0 Å². The largest absolute Gasteiger partial charge is 0.387 e. The van der Waals surface area contributed by atoms with Crippen molar-refractivity contribution in [3.63, 3.8) is 0 Å². The second kappa shape index (κ2) is 3.17. The molecule has 15 heavy (non-hydrogen) atoms. The fourth-order valence-corrected chi connectivity index (χ4v) is 2.81. The van der Waals surface area contributed by atoms with Crippen LogP contribution < -0.4 is 10.6 Å². The number of fused-ring (bicyclic) bond motifs is 1. The van der Waals surface area contributed by atoms with Gasteiger partial charge >= 0.3 is 0 Å². The topological polar surface area (TPSA) is 53.5 Å². The van der Waals surface area contributed by atoms with Crippen molar-refractivity contribution in [2.45, 2.75) is 19.3 Å². The van der Waals surface area contributed by atoms with Crippen LogP contribution >= 0.6 is 0 Å². The molecule has 3 aliphatic heterocycles. The minimum absolute atomic E-state index is 0.0286. The van der Waals surface area contributed by atoms with Crippen LogP contribution in [0.2, 0.25) is 0 Å². The van der Waals surface area contributed by atoms with Crippen LogP contribution in [0.5, 0.6) is 0 Å². The first-order valence-corrected chi connectivity index (χ1v) is 5.60. The molecule has 1 amide bonds. The van der Waals surface area contributed by atoms with E-state index in [1.807, 2.05) is 6.21 Å². The van der Waals surface area contributed by atoms with Crippen molar-refractivity contribution in [3.8, 4) is 0 Å². The lowest BCUT2D eigenvalue weighted by Crippen LogP contribution is -2.43. The highest BCUT2D eigenvalue weighted by Gasteiger charge is 2.41. The van der Waals surface area contributed by atoms with Crippen molar-refractivity contribution in [2.75, 3.05) is 19.6 Å². The molecule has 3 heterocycles. The van der Waals surface area contributed by atoms with Crippen molar-refractivity contribution in [3.05, 3.63) is 11.3 Å². The quantitative estimate of drug-likeness (QED) is 0.594. The Hall–Kier alpha value is -1.16. The zero-order valence-electron chi connectivity index (χ0n) is 8.68. The summed E-state index contributed by atoms with van der Waals surface area (Å²) in [6.45, 7) is 2.92. The highest BCUT2D eigenvalue weighted by molar-refractivity contribution is 6.04. The van der Waals surface area contributed by atoms with Gasteiger partial charge in [-0.2, -0.15) is 0 Å². The number of rotatable bonds is 0. The van der Waals surface area contributed by atoms with E-state index in [1.165, 1.54) is 5.70 Å². The molecule has 0 saturated carbocycles. The second-order valence-electron chi connectivity index (χ2n) is 4.50. The third kappa shape index (κ3) is 1.24. The van der Waals surface area contributed by atoms with Crippen LogP contribution in [0.4, 0.5) is 0 Å². The van der Waals surface area contributed by atoms with Crippen LogP contribution in [0.25, 0.3) is 0 Å². The number of aliphatic imine (C=N–C) groups is 1. The Balaban J connectivity index is 2.02. The Labute approximate surface area is 88.8 Å². The molecule has 4 nitrogen and oxygen atoms in total. The summed E-state index contributed by atoms with van der Waals surface area (Å²) in [6.07, 6.45) is 4.83. The summed E-state index contributed by atoms with van der Waals surface area (Å²) >= 11 is 0. The minimum atomic E-state index is -0.0286. The molecule has 0 atom stereocenters. The normalized spacial score (nSPS) is 28.1. The third-order valence-corrected chi connectivity index (χ3v) is 3.66. The fourth-order valence-electron chi connectivity index (χ4n) is 2.81. The van der Waals surface area contributed by atoms with E-state index in [0.717, 1.165) is 44.5 Å². The number of nitrogens with zero attached hydrogens (tertiary/aromatic N) is 1. The van der Waals surface area contributed by atoms with Gasteiger partial charge in [-0.1, -0.05) is 0 Å². The standard InChI is InChI=1S/C11H15N3O/c15-10-8-1-4-13-9(8)11(7-14-10)2-5-12-6-3-11/h7,12-13H,1-6H2. The first-order valence-electron chi connectivity index (χ1n) is 5.60. The highest BCUT2D eigenvalue weighted by atomic mass is 16.1. The zero-order valence-corrected chi connectivity index (χ0v) is 8.68. The zero-order chi connectivity index (χ0) is 10.3. The lowest BCUT2D eigenvalue weighted by atomic mass is 9.74. The molecule has 0 aromatic rings. The van der Waals surface area contributed by atoms with Gasteiger partial charge in [0.2, 0.25) is 0 Å². The predicted molar refractivity (Wildman–Crippen MR) is 57.7 cm³/mol. The molecule has 0 radical (unpaired) electrons. The summed E-state index contributed by atoms with van der Waals surface area (Å²) in [7, 11) is 0. The Morgan fingerprint density at radius 3 is 2.87 bits per heavy atom. The molecule has 0 aromatic heterocycles. The number of hydrogen-bond acceptors (Lipinski definition) is 3. The number of amides is 1. The summed E-state index contributed by atoms with van der Waals surface area (Å²) in [5.74, 6) is -0.0286. The number of allylic oxidation sites excluding steroid dienone is 1. The van der Waals surface area contributed by atoms with Gasteiger partial charge in [0.1, 0.15) is 0 Å². The molecular weight excluding hydrogens is 190 g/mol. The van der Waals surface area contributed by atoms with E-state index < -0.39 is 0 Å². The number of carbonyl (C=O) groups is 1. The summed E-state index contributed by atoms with van der Waals surface area (Å²) < 4.78 is 0. The SMILES string of the molecule is O=C1N=CC2(CCNCC2)C2=C1CCN2. The van der Waals surface area contributed by atoms with Crippen molar-refractivity contribution in [1.82, 2.24) is 10.6 Å². The average molecular weight is 205 g/mol. The van der Waals surface area contributed by atoms with Crippen molar-refractivity contribution in [1.29, 1.82) is 0 Å². The van der Waals surface area contributed by atoms with Gasteiger partial charge in [-0.25, -0.2) is 4.99 Å². The van der Waals surface area contributed by atoms with Crippen LogP contribution in [-0.4, -0.2) is 31.8 Å². The van der Waals surface area contributed by atoms with Gasteiger partial charge < -0.3 is 10.6 Å². The lowest BCUT2D eigenvalue weighted by Gasteiger charge is -2.37. The molecule has 3 aliphatic rings. The Morgan fingerprint density at radius 2 is 2.07 bits per heavy atom. The maximum atomic E-state index is 11.6. The first kappa shape index (κ1) is 9.09. The van der Waals surface area contributed by atoms with Crippen LogP contribution in [0, 0.1) is 5.41 Å². The molecule has 0 bridgehead atoms. The Morgan fingerprint density at radius 1 is 1.27 bits per heavy atom. The van der Waals surface area contributed by atoms with Crippen molar-refractivity contribution in [2.24, 2.45) is 10.4 Å². The van der Waals surface area contributed by atoms with Crippen LogP contribution in [0.1, 0.15) is 19.3 Å². The van der Waals surface area contributed by atoms with Gasteiger partial charge in [0.25, 0.3) is 5.91 Å². The molecule has 80 valence electrons. The van der Waals surface area contributed by atoms with E-state index in [9.17, 15) is 4.79 Å². The predicted octanol–water partition coefficient (Wildman–Crippen LogP) is 0.215. The van der Waals surface area contributed by atoms with E-state index in [4.69, 9.17) is 0 Å². The Kier molecular flexibility index (Phi) is 1.92.